The molecule has 5 rings (SSSR count). The van der Waals surface area contributed by atoms with Crippen molar-refractivity contribution < 1.29 is 43.2 Å². The van der Waals surface area contributed by atoms with E-state index in [9.17, 15) is 24.3 Å². The van der Waals surface area contributed by atoms with E-state index in [0.717, 1.165) is 5.57 Å². The highest BCUT2D eigenvalue weighted by molar-refractivity contribution is 6.26. The second kappa shape index (κ2) is 12.0. The molecular formula is C32H44N2O9. The predicted molar refractivity (Wildman–Crippen MR) is 154 cm³/mol. The lowest BCUT2D eigenvalue weighted by Gasteiger charge is -2.51. The van der Waals surface area contributed by atoms with Crippen molar-refractivity contribution in [2.24, 2.45) is 17.8 Å². The molecule has 0 aromatic heterocycles. The molecule has 0 aromatic rings. The fraction of sp³-hybridized carbons (Fsp3) is 0.688. The molecule has 11 nitrogen and oxygen atoms in total. The second-order valence-electron chi connectivity index (χ2n) is 12.8. The minimum absolute atomic E-state index is 0.0215. The predicted octanol–water partition coefficient (Wildman–Crippen LogP) is 1.98. The largest absolute Gasteiger partial charge is 0.390 e. The van der Waals surface area contributed by atoms with Gasteiger partial charge in [-0.15, -0.1) is 0 Å². The van der Waals surface area contributed by atoms with Gasteiger partial charge in [-0.25, -0.2) is 0 Å². The van der Waals surface area contributed by atoms with E-state index in [1.54, 1.807) is 13.0 Å². The van der Waals surface area contributed by atoms with Crippen LogP contribution in [0.15, 0.2) is 36.0 Å². The zero-order valence-corrected chi connectivity index (χ0v) is 25.8. The lowest BCUT2D eigenvalue weighted by Crippen LogP contribution is -2.61. The highest BCUT2D eigenvalue weighted by Crippen LogP contribution is 2.52. The van der Waals surface area contributed by atoms with Gasteiger partial charge in [0.25, 0.3) is 0 Å². The summed E-state index contributed by atoms with van der Waals surface area (Å²) in [4.78, 5) is 53.7. The van der Waals surface area contributed by atoms with Crippen LogP contribution in [0.3, 0.4) is 0 Å². The Hall–Kier alpha value is -2.70. The van der Waals surface area contributed by atoms with Gasteiger partial charge >= 0.3 is 0 Å². The molecule has 2 bridgehead atoms. The van der Waals surface area contributed by atoms with Crippen LogP contribution in [0.25, 0.3) is 0 Å². The first-order valence-electron chi connectivity index (χ1n) is 15.3. The lowest BCUT2D eigenvalue weighted by molar-refractivity contribution is -0.346. The molecule has 11 atom stereocenters. The first kappa shape index (κ1) is 31.7. The molecule has 5 heterocycles. The highest BCUT2D eigenvalue weighted by Gasteiger charge is 2.66. The molecule has 2 amide bonds. The second-order valence-corrected chi connectivity index (χ2v) is 12.8. The Bertz CT molecular complexity index is 1240. The molecule has 43 heavy (non-hydrogen) atoms. The topological polar surface area (TPSA) is 144 Å². The number of amides is 2. The Balaban J connectivity index is 1.28. The number of ether oxygens (including phenoxy) is 4. The number of fused-ring (bicyclic) bond motifs is 3. The maximum Gasteiger partial charge on any atom is 0.243 e. The molecular weight excluding hydrogens is 556 g/mol. The van der Waals surface area contributed by atoms with Crippen molar-refractivity contribution in [1.29, 1.82) is 0 Å². The van der Waals surface area contributed by atoms with E-state index >= 15 is 0 Å². The number of carbonyl (C=O) groups excluding carboxylic acids is 4. The number of carbonyl (C=O) groups is 4. The third-order valence-corrected chi connectivity index (χ3v) is 9.68. The third-order valence-electron chi connectivity index (χ3n) is 9.68. The average molecular weight is 601 g/mol. The quantitative estimate of drug-likeness (QED) is 0.133. The normalized spacial score (nSPS) is 41.7. The van der Waals surface area contributed by atoms with Crippen LogP contribution in [-0.2, 0) is 38.1 Å². The lowest BCUT2D eigenvalue weighted by atomic mass is 9.82. The van der Waals surface area contributed by atoms with Crippen molar-refractivity contribution in [3.05, 3.63) is 36.0 Å². The zero-order chi connectivity index (χ0) is 31.3. The van der Waals surface area contributed by atoms with Crippen LogP contribution in [0.2, 0.25) is 0 Å². The molecule has 4 saturated heterocycles. The van der Waals surface area contributed by atoms with E-state index in [1.165, 1.54) is 18.0 Å². The van der Waals surface area contributed by atoms with E-state index in [4.69, 9.17) is 18.9 Å². The van der Waals surface area contributed by atoms with E-state index in [2.05, 4.69) is 25.2 Å². The third kappa shape index (κ3) is 5.90. The Morgan fingerprint density at radius 1 is 1.21 bits per heavy atom. The molecule has 0 aliphatic carbocycles. The first-order valence-corrected chi connectivity index (χ1v) is 15.3. The number of ketones is 2. The van der Waals surface area contributed by atoms with Gasteiger partial charge in [0.2, 0.25) is 17.6 Å². The van der Waals surface area contributed by atoms with Crippen LogP contribution in [0.4, 0.5) is 0 Å². The summed E-state index contributed by atoms with van der Waals surface area (Å²) in [7, 11) is 1.50. The van der Waals surface area contributed by atoms with Crippen LogP contribution in [0, 0.1) is 17.8 Å². The van der Waals surface area contributed by atoms with Gasteiger partial charge < -0.3 is 34.3 Å². The molecule has 5 aliphatic heterocycles. The van der Waals surface area contributed by atoms with Crippen molar-refractivity contribution in [2.75, 3.05) is 13.7 Å². The van der Waals surface area contributed by atoms with Crippen molar-refractivity contribution in [3.8, 4) is 0 Å². The van der Waals surface area contributed by atoms with Gasteiger partial charge in [0, 0.05) is 25.3 Å². The molecule has 236 valence electrons. The maximum atomic E-state index is 13.6. The minimum Gasteiger partial charge on any atom is -0.390 e. The van der Waals surface area contributed by atoms with Crippen LogP contribution in [-0.4, -0.2) is 95.1 Å². The Kier molecular flexibility index (Phi) is 8.85. The number of Topliss-reactive ketones (excluding diaryl/α,β-unsaturated/α-hetero) is 1. The van der Waals surface area contributed by atoms with Crippen LogP contribution < -0.4 is 5.32 Å². The summed E-state index contributed by atoms with van der Waals surface area (Å²) < 4.78 is 24.3. The SMILES string of the molecule is CNC(=O)CC[C@H]1C(=O)C(C(=O)/C=C/C(C)=C/[C@H](C)C2OC3(C)O[C@H](C=C[C@]34CO4)[C@H]2C)C(=O)N1C1CCC(O)C(C)O1. The van der Waals surface area contributed by atoms with Gasteiger partial charge in [-0.05, 0) is 52.2 Å². The fourth-order valence-corrected chi connectivity index (χ4v) is 6.85. The van der Waals surface area contributed by atoms with Crippen LogP contribution in [0.5, 0.6) is 0 Å². The summed E-state index contributed by atoms with van der Waals surface area (Å²) in [5.41, 5.74) is 0.246. The van der Waals surface area contributed by atoms with E-state index < -0.39 is 59.3 Å². The number of nitrogens with zero attached hydrogens (tertiary/aromatic N) is 1. The number of nitrogens with one attached hydrogen (secondary N) is 1. The monoisotopic (exact) mass is 600 g/mol. The highest BCUT2D eigenvalue weighted by atomic mass is 16.8. The molecule has 1 spiro atoms. The molecule has 0 saturated carbocycles. The summed E-state index contributed by atoms with van der Waals surface area (Å²) in [6.07, 6.45) is 7.63. The summed E-state index contributed by atoms with van der Waals surface area (Å²) in [6, 6.07) is -0.961. The number of epoxide rings is 1. The van der Waals surface area contributed by atoms with Crippen LogP contribution in [0.1, 0.15) is 60.3 Å². The summed E-state index contributed by atoms with van der Waals surface area (Å²) >= 11 is 0. The number of hydrogen-bond acceptors (Lipinski definition) is 9. The van der Waals surface area contributed by atoms with Gasteiger partial charge in [-0.3, -0.25) is 19.2 Å². The molecule has 5 aliphatic rings. The molecule has 6 unspecified atom stereocenters. The molecule has 0 aromatic carbocycles. The number of aliphatic hydroxyl groups is 1. The van der Waals surface area contributed by atoms with Crippen molar-refractivity contribution in [2.45, 2.75) is 108 Å². The van der Waals surface area contributed by atoms with Gasteiger partial charge in [-0.2, -0.15) is 0 Å². The van der Waals surface area contributed by atoms with Crippen LogP contribution >= 0.6 is 0 Å². The maximum absolute atomic E-state index is 13.6. The first-order chi connectivity index (χ1) is 20.3. The molecule has 11 heteroatoms. The number of aliphatic hydroxyl groups excluding tert-OH is 1. The Morgan fingerprint density at radius 2 is 1.93 bits per heavy atom. The molecule has 2 N–H and O–H groups in total. The van der Waals surface area contributed by atoms with Crippen molar-refractivity contribution in [3.63, 3.8) is 0 Å². The summed E-state index contributed by atoms with van der Waals surface area (Å²) in [5, 5.41) is 12.6. The van der Waals surface area contributed by atoms with Gasteiger partial charge in [0.1, 0.15) is 6.23 Å². The van der Waals surface area contributed by atoms with E-state index in [-0.39, 0.29) is 42.8 Å². The summed E-state index contributed by atoms with van der Waals surface area (Å²) in [6.45, 7) is 10.2. The number of rotatable bonds is 9. The van der Waals surface area contributed by atoms with Gasteiger partial charge in [-0.1, -0.05) is 37.6 Å². The van der Waals surface area contributed by atoms with Gasteiger partial charge in [0.05, 0.1) is 37.1 Å². The van der Waals surface area contributed by atoms with Crippen molar-refractivity contribution >= 4 is 23.4 Å². The standard InChI is InChI=1S/C32H44N2O9/c1-17(15-18(2)29-19(3)24-13-14-32(16-40-32)31(5,42-24)43-29)7-9-23(36)27-28(38)21(8-11-25(37)33-6)34(30(27)39)26-12-10-22(35)20(4)41-26/h7,9,13-15,18-22,24,26-27,29,35H,8,10-12,16H2,1-6H3,(H,33,37)/b9-7+,17-15+/t18-,19+,20?,21-,22?,24+,26?,27?,29?,31?,32-/m0/s1. The smallest absolute Gasteiger partial charge is 0.243 e. The fourth-order valence-electron chi connectivity index (χ4n) is 6.85. The van der Waals surface area contributed by atoms with E-state index in [1.807, 2.05) is 26.0 Å². The Morgan fingerprint density at radius 3 is 2.58 bits per heavy atom. The zero-order valence-electron chi connectivity index (χ0n) is 25.8. The summed E-state index contributed by atoms with van der Waals surface area (Å²) in [5.74, 6) is -4.34. The Labute approximate surface area is 252 Å². The number of allylic oxidation sites excluding steroid dienone is 3. The minimum atomic E-state index is -1.50. The van der Waals surface area contributed by atoms with Crippen molar-refractivity contribution in [1.82, 2.24) is 10.2 Å². The van der Waals surface area contributed by atoms with E-state index in [0.29, 0.717) is 19.4 Å². The number of hydrogen-bond donors (Lipinski definition) is 2. The van der Waals surface area contributed by atoms with Gasteiger partial charge in [0.15, 0.2) is 23.1 Å². The molecule has 4 fully saturated rings. The average Bonchev–Trinajstić information content (AvgIpc) is 3.71. The number of likely N-dealkylation sites (tertiary alicyclic amines) is 1. The molecule has 0 radical (unpaired) electrons.